The molecule has 2 heterocycles. The van der Waals surface area contributed by atoms with E-state index in [1.807, 2.05) is 18.2 Å². The minimum Gasteiger partial charge on any atom is -0.454 e. The highest BCUT2D eigenvalue weighted by molar-refractivity contribution is 7.16. The van der Waals surface area contributed by atoms with E-state index in [2.05, 4.69) is 10.3 Å². The second-order valence-corrected chi connectivity index (χ2v) is 4.71. The van der Waals surface area contributed by atoms with E-state index in [4.69, 9.17) is 9.47 Å². The number of fused-ring (bicyclic) bond motifs is 1. The summed E-state index contributed by atoms with van der Waals surface area (Å²) < 4.78 is 10.6. The van der Waals surface area contributed by atoms with Crippen molar-refractivity contribution in [3.05, 3.63) is 29.3 Å². The van der Waals surface area contributed by atoms with Crippen LogP contribution in [0.25, 0.3) is 10.6 Å². The molecule has 0 bridgehead atoms. The highest BCUT2D eigenvalue weighted by Gasteiger charge is 2.16. The molecule has 1 N–H and O–H groups in total. The molecule has 0 aliphatic carbocycles. The smallest absolute Gasteiger partial charge is 0.262 e. The van der Waals surface area contributed by atoms with Crippen LogP contribution in [0.3, 0.4) is 0 Å². The van der Waals surface area contributed by atoms with Gasteiger partial charge in [-0.15, -0.1) is 11.3 Å². The Hall–Kier alpha value is -2.08. The molecular weight excluding hydrogens is 252 g/mol. The number of hydrogen-bond acceptors (Lipinski definition) is 5. The summed E-state index contributed by atoms with van der Waals surface area (Å²) in [6, 6.07) is 5.62. The second-order valence-electron chi connectivity index (χ2n) is 3.68. The Balaban J connectivity index is 1.95. The first-order chi connectivity index (χ1) is 8.78. The van der Waals surface area contributed by atoms with Crippen molar-refractivity contribution in [1.29, 1.82) is 0 Å². The van der Waals surface area contributed by atoms with Crippen LogP contribution in [-0.4, -0.2) is 24.7 Å². The molecule has 1 aliphatic rings. The normalized spacial score (nSPS) is 12.5. The zero-order chi connectivity index (χ0) is 12.5. The zero-order valence-electron chi connectivity index (χ0n) is 9.60. The molecule has 0 radical (unpaired) electrons. The van der Waals surface area contributed by atoms with Gasteiger partial charge in [-0.1, -0.05) is 0 Å². The van der Waals surface area contributed by atoms with Gasteiger partial charge in [0.25, 0.3) is 5.91 Å². The van der Waals surface area contributed by atoms with Crippen molar-refractivity contribution in [1.82, 2.24) is 10.3 Å². The molecule has 6 heteroatoms. The van der Waals surface area contributed by atoms with Gasteiger partial charge in [0.15, 0.2) is 11.5 Å². The molecule has 0 saturated carbocycles. The Morgan fingerprint density at radius 1 is 1.39 bits per heavy atom. The number of amides is 1. The number of benzene rings is 1. The number of thiazole rings is 1. The molecule has 0 atom stereocenters. The van der Waals surface area contributed by atoms with E-state index in [0.717, 1.165) is 16.3 Å². The lowest BCUT2D eigenvalue weighted by Gasteiger charge is -1.98. The van der Waals surface area contributed by atoms with Crippen LogP contribution in [0.2, 0.25) is 0 Å². The first-order valence-electron chi connectivity index (χ1n) is 5.36. The molecule has 1 aromatic heterocycles. The maximum absolute atomic E-state index is 11.5. The van der Waals surface area contributed by atoms with Gasteiger partial charge in [0, 0.05) is 12.6 Å². The SMILES string of the molecule is CNC(=O)c1cnc(-c2ccc3c(c2)OCO3)s1. The van der Waals surface area contributed by atoms with E-state index in [1.165, 1.54) is 11.3 Å². The topological polar surface area (TPSA) is 60.5 Å². The molecular formula is C12H10N2O3S. The summed E-state index contributed by atoms with van der Waals surface area (Å²) in [7, 11) is 1.60. The summed E-state index contributed by atoms with van der Waals surface area (Å²) in [4.78, 5) is 16.3. The first-order valence-corrected chi connectivity index (χ1v) is 6.17. The Bertz CT molecular complexity index is 609. The summed E-state index contributed by atoms with van der Waals surface area (Å²) in [6.45, 7) is 0.250. The van der Waals surface area contributed by atoms with Crippen molar-refractivity contribution in [2.75, 3.05) is 13.8 Å². The molecule has 2 aromatic rings. The van der Waals surface area contributed by atoms with Crippen LogP contribution in [0.5, 0.6) is 11.5 Å². The Labute approximate surface area is 107 Å². The van der Waals surface area contributed by atoms with Crippen LogP contribution in [0, 0.1) is 0 Å². The van der Waals surface area contributed by atoms with E-state index in [1.54, 1.807) is 13.2 Å². The van der Waals surface area contributed by atoms with Crippen LogP contribution in [0.4, 0.5) is 0 Å². The predicted molar refractivity (Wildman–Crippen MR) is 67.1 cm³/mol. The van der Waals surface area contributed by atoms with Gasteiger partial charge in [-0.25, -0.2) is 4.98 Å². The lowest BCUT2D eigenvalue weighted by molar-refractivity contribution is 0.0967. The van der Waals surface area contributed by atoms with Crippen molar-refractivity contribution in [3.63, 3.8) is 0 Å². The van der Waals surface area contributed by atoms with Gasteiger partial charge < -0.3 is 14.8 Å². The minimum absolute atomic E-state index is 0.125. The molecule has 0 saturated heterocycles. The average molecular weight is 262 g/mol. The summed E-state index contributed by atoms with van der Waals surface area (Å²) >= 11 is 1.34. The van der Waals surface area contributed by atoms with Gasteiger partial charge in [0.05, 0.1) is 6.20 Å². The number of rotatable bonds is 2. The summed E-state index contributed by atoms with van der Waals surface area (Å²) in [5, 5.41) is 3.36. The number of aromatic nitrogens is 1. The molecule has 1 amide bonds. The quantitative estimate of drug-likeness (QED) is 0.898. The van der Waals surface area contributed by atoms with E-state index in [0.29, 0.717) is 10.6 Å². The number of nitrogens with zero attached hydrogens (tertiary/aromatic N) is 1. The van der Waals surface area contributed by atoms with Gasteiger partial charge >= 0.3 is 0 Å². The predicted octanol–water partition coefficient (Wildman–Crippen LogP) is 1.90. The lowest BCUT2D eigenvalue weighted by Crippen LogP contribution is -2.16. The second kappa shape index (κ2) is 4.30. The fourth-order valence-corrected chi connectivity index (χ4v) is 2.52. The average Bonchev–Trinajstić information content (AvgIpc) is 3.05. The molecule has 0 unspecified atom stereocenters. The zero-order valence-corrected chi connectivity index (χ0v) is 10.4. The van der Waals surface area contributed by atoms with E-state index in [-0.39, 0.29) is 12.7 Å². The van der Waals surface area contributed by atoms with Crippen molar-refractivity contribution in [2.24, 2.45) is 0 Å². The largest absolute Gasteiger partial charge is 0.454 e. The van der Waals surface area contributed by atoms with Crippen molar-refractivity contribution in [2.45, 2.75) is 0 Å². The molecule has 1 aromatic carbocycles. The van der Waals surface area contributed by atoms with E-state index >= 15 is 0 Å². The molecule has 0 fully saturated rings. The van der Waals surface area contributed by atoms with Gasteiger partial charge in [-0.2, -0.15) is 0 Å². The summed E-state index contributed by atoms with van der Waals surface area (Å²) in [6.07, 6.45) is 1.57. The van der Waals surface area contributed by atoms with Crippen molar-refractivity contribution in [3.8, 4) is 22.1 Å². The lowest BCUT2D eigenvalue weighted by atomic mass is 10.2. The van der Waals surface area contributed by atoms with Gasteiger partial charge in [0.2, 0.25) is 6.79 Å². The van der Waals surface area contributed by atoms with E-state index < -0.39 is 0 Å². The van der Waals surface area contributed by atoms with Crippen LogP contribution in [0.1, 0.15) is 9.67 Å². The molecule has 3 rings (SSSR count). The van der Waals surface area contributed by atoms with E-state index in [9.17, 15) is 4.79 Å². The number of hydrogen-bond donors (Lipinski definition) is 1. The van der Waals surface area contributed by atoms with Crippen LogP contribution in [0.15, 0.2) is 24.4 Å². The minimum atomic E-state index is -0.125. The molecule has 18 heavy (non-hydrogen) atoms. The first kappa shape index (κ1) is 11.0. The van der Waals surface area contributed by atoms with Gasteiger partial charge in [-0.05, 0) is 18.2 Å². The molecule has 5 nitrogen and oxygen atoms in total. The van der Waals surface area contributed by atoms with Crippen molar-refractivity contribution >= 4 is 17.2 Å². The fourth-order valence-electron chi connectivity index (χ4n) is 1.67. The number of nitrogens with one attached hydrogen (secondary N) is 1. The van der Waals surface area contributed by atoms with Crippen LogP contribution in [-0.2, 0) is 0 Å². The third-order valence-electron chi connectivity index (χ3n) is 2.58. The number of ether oxygens (including phenoxy) is 2. The van der Waals surface area contributed by atoms with Crippen LogP contribution >= 0.6 is 11.3 Å². The molecule has 1 aliphatic heterocycles. The van der Waals surface area contributed by atoms with Gasteiger partial charge in [-0.3, -0.25) is 4.79 Å². The Morgan fingerprint density at radius 2 is 2.22 bits per heavy atom. The molecule has 92 valence electrons. The standard InChI is InChI=1S/C12H10N2O3S/c1-13-11(15)10-5-14-12(18-10)7-2-3-8-9(4-7)17-6-16-8/h2-5H,6H2,1H3,(H,13,15). The van der Waals surface area contributed by atoms with Crippen LogP contribution < -0.4 is 14.8 Å². The highest BCUT2D eigenvalue weighted by atomic mass is 32.1. The monoisotopic (exact) mass is 262 g/mol. The summed E-state index contributed by atoms with van der Waals surface area (Å²) in [5.41, 5.74) is 0.916. The third kappa shape index (κ3) is 1.80. The number of carbonyl (C=O) groups excluding carboxylic acids is 1. The maximum Gasteiger partial charge on any atom is 0.262 e. The highest BCUT2D eigenvalue weighted by Crippen LogP contribution is 2.36. The van der Waals surface area contributed by atoms with Gasteiger partial charge in [0.1, 0.15) is 9.88 Å². The maximum atomic E-state index is 11.5. The number of carbonyl (C=O) groups is 1. The molecule has 0 spiro atoms. The Kier molecular flexibility index (Phi) is 2.64. The third-order valence-corrected chi connectivity index (χ3v) is 3.62. The summed E-state index contributed by atoms with van der Waals surface area (Å²) in [5.74, 6) is 1.32. The van der Waals surface area contributed by atoms with Crippen molar-refractivity contribution < 1.29 is 14.3 Å². The fraction of sp³-hybridized carbons (Fsp3) is 0.167. The Morgan fingerprint density at radius 3 is 3.06 bits per heavy atom.